The number of hydrogen-bond acceptors (Lipinski definition) is 2. The van der Waals surface area contributed by atoms with Crippen LogP contribution in [0.1, 0.15) is 19.3 Å². The maximum Gasteiger partial charge on any atom is 0.0865 e. The molecule has 2 heteroatoms. The maximum atomic E-state index is 8.33. The summed E-state index contributed by atoms with van der Waals surface area (Å²) in [5, 5.41) is 8.33. The van der Waals surface area contributed by atoms with E-state index in [-0.39, 0.29) is 0 Å². The van der Waals surface area contributed by atoms with Gasteiger partial charge in [0.2, 0.25) is 0 Å². The van der Waals surface area contributed by atoms with Crippen LogP contribution in [0.25, 0.3) is 0 Å². The first-order valence-corrected chi connectivity index (χ1v) is 3.53. The van der Waals surface area contributed by atoms with Crippen molar-refractivity contribution in [2.75, 3.05) is 19.6 Å². The molecule has 1 saturated heterocycles. The van der Waals surface area contributed by atoms with Gasteiger partial charge in [-0.25, -0.2) is 0 Å². The maximum absolute atomic E-state index is 8.33. The van der Waals surface area contributed by atoms with Gasteiger partial charge in [0.05, 0.1) is 12.6 Å². The van der Waals surface area contributed by atoms with Gasteiger partial charge in [-0.2, -0.15) is 5.26 Å². The summed E-state index contributed by atoms with van der Waals surface area (Å²) in [7, 11) is 0. The number of nitriles is 1. The number of hydrogen-bond donors (Lipinski definition) is 0. The molecule has 0 aromatic heterocycles. The van der Waals surface area contributed by atoms with Gasteiger partial charge in [0, 0.05) is 0 Å². The number of likely N-dealkylation sites (tertiary alicyclic amines) is 1. The largest absolute Gasteiger partial charge is 0.291 e. The van der Waals surface area contributed by atoms with Gasteiger partial charge in [-0.05, 0) is 25.9 Å². The highest BCUT2D eigenvalue weighted by atomic mass is 15.1. The average Bonchev–Trinajstić information content (AvgIpc) is 1.91. The monoisotopic (exact) mass is 124 g/mol. The van der Waals surface area contributed by atoms with Gasteiger partial charge in [0.25, 0.3) is 0 Å². The lowest BCUT2D eigenvalue weighted by molar-refractivity contribution is 0.254. The summed E-state index contributed by atoms with van der Waals surface area (Å²) in [6.07, 6.45) is 3.91. The lowest BCUT2D eigenvalue weighted by atomic mass is 10.1. The molecule has 0 bridgehead atoms. The molecule has 50 valence electrons. The summed E-state index contributed by atoms with van der Waals surface area (Å²) in [6, 6.07) is 2.16. The first-order chi connectivity index (χ1) is 4.43. The molecule has 0 unspecified atom stereocenters. The number of piperidine rings is 1. The lowest BCUT2D eigenvalue weighted by Crippen LogP contribution is -2.29. The summed E-state index contributed by atoms with van der Waals surface area (Å²) in [5.41, 5.74) is 0. The van der Waals surface area contributed by atoms with Gasteiger partial charge >= 0.3 is 0 Å². The predicted octanol–water partition coefficient (Wildman–Crippen LogP) is 0.996. The summed E-state index contributed by atoms with van der Waals surface area (Å²) < 4.78 is 0. The molecule has 0 saturated carbocycles. The van der Waals surface area contributed by atoms with E-state index in [2.05, 4.69) is 11.0 Å². The Hall–Kier alpha value is -0.550. The second-order valence-electron chi connectivity index (χ2n) is 2.49. The molecule has 1 heterocycles. The molecular formula is C7H12N2. The first kappa shape index (κ1) is 6.57. The highest BCUT2D eigenvalue weighted by molar-refractivity contribution is 4.77. The van der Waals surface area contributed by atoms with Gasteiger partial charge in [-0.15, -0.1) is 0 Å². The van der Waals surface area contributed by atoms with Crippen molar-refractivity contribution >= 4 is 0 Å². The molecule has 0 aromatic carbocycles. The van der Waals surface area contributed by atoms with E-state index in [0.717, 1.165) is 13.1 Å². The van der Waals surface area contributed by atoms with Gasteiger partial charge in [0.15, 0.2) is 0 Å². The Morgan fingerprint density at radius 2 is 1.89 bits per heavy atom. The standard InChI is InChI=1S/C7H12N2/c8-4-7-9-5-2-1-3-6-9/h1-3,5-7H2. The van der Waals surface area contributed by atoms with Crippen molar-refractivity contribution in [3.8, 4) is 6.07 Å². The lowest BCUT2D eigenvalue weighted by Gasteiger charge is -2.22. The van der Waals surface area contributed by atoms with Crippen LogP contribution in [0.2, 0.25) is 0 Å². The van der Waals surface area contributed by atoms with Crippen LogP contribution in [0.5, 0.6) is 0 Å². The average molecular weight is 124 g/mol. The SMILES string of the molecule is N#CCN1CCCCC1. The molecular weight excluding hydrogens is 112 g/mol. The zero-order chi connectivity index (χ0) is 6.53. The minimum absolute atomic E-state index is 0.625. The smallest absolute Gasteiger partial charge is 0.0865 e. The molecule has 0 radical (unpaired) electrons. The van der Waals surface area contributed by atoms with Crippen LogP contribution in [0.15, 0.2) is 0 Å². The van der Waals surface area contributed by atoms with Crippen LogP contribution in [0.3, 0.4) is 0 Å². The van der Waals surface area contributed by atoms with Gasteiger partial charge in [-0.1, -0.05) is 6.42 Å². The van der Waals surface area contributed by atoms with E-state index in [9.17, 15) is 0 Å². The van der Waals surface area contributed by atoms with Crippen molar-refractivity contribution in [2.24, 2.45) is 0 Å². The summed E-state index contributed by atoms with van der Waals surface area (Å²) in [4.78, 5) is 2.21. The number of nitrogens with zero attached hydrogens (tertiary/aromatic N) is 2. The Morgan fingerprint density at radius 1 is 1.22 bits per heavy atom. The topological polar surface area (TPSA) is 27.0 Å². The van der Waals surface area contributed by atoms with Gasteiger partial charge in [-0.3, -0.25) is 4.90 Å². The van der Waals surface area contributed by atoms with Crippen molar-refractivity contribution in [3.05, 3.63) is 0 Å². The van der Waals surface area contributed by atoms with Crippen LogP contribution in [-0.2, 0) is 0 Å². The minimum Gasteiger partial charge on any atom is -0.291 e. The molecule has 0 amide bonds. The summed E-state index contributed by atoms with van der Waals surface area (Å²) in [5.74, 6) is 0. The zero-order valence-electron chi connectivity index (χ0n) is 5.64. The fourth-order valence-corrected chi connectivity index (χ4v) is 1.22. The molecule has 1 fully saturated rings. The fraction of sp³-hybridized carbons (Fsp3) is 0.857. The Labute approximate surface area is 56.1 Å². The third-order valence-electron chi connectivity index (χ3n) is 1.74. The summed E-state index contributed by atoms with van der Waals surface area (Å²) in [6.45, 7) is 2.89. The van der Waals surface area contributed by atoms with E-state index in [0.29, 0.717) is 6.54 Å². The van der Waals surface area contributed by atoms with E-state index in [1.165, 1.54) is 19.3 Å². The van der Waals surface area contributed by atoms with E-state index < -0.39 is 0 Å². The Bertz CT molecular complexity index is 109. The van der Waals surface area contributed by atoms with Crippen LogP contribution >= 0.6 is 0 Å². The van der Waals surface area contributed by atoms with Crippen LogP contribution in [0, 0.1) is 11.3 Å². The molecule has 0 atom stereocenters. The molecule has 0 N–H and O–H groups in total. The van der Waals surface area contributed by atoms with Crippen LogP contribution in [-0.4, -0.2) is 24.5 Å². The Balaban J connectivity index is 2.17. The van der Waals surface area contributed by atoms with E-state index >= 15 is 0 Å². The fourth-order valence-electron chi connectivity index (χ4n) is 1.22. The van der Waals surface area contributed by atoms with Crippen LogP contribution < -0.4 is 0 Å². The Morgan fingerprint density at radius 3 is 2.44 bits per heavy atom. The van der Waals surface area contributed by atoms with Gasteiger partial charge < -0.3 is 0 Å². The molecule has 0 aromatic rings. The highest BCUT2D eigenvalue weighted by Crippen LogP contribution is 2.06. The quantitative estimate of drug-likeness (QED) is 0.487. The van der Waals surface area contributed by atoms with E-state index in [1.54, 1.807) is 0 Å². The summed E-state index contributed by atoms with van der Waals surface area (Å²) >= 11 is 0. The predicted molar refractivity (Wildman–Crippen MR) is 35.9 cm³/mol. The minimum atomic E-state index is 0.625. The first-order valence-electron chi connectivity index (χ1n) is 3.53. The van der Waals surface area contributed by atoms with Gasteiger partial charge in [0.1, 0.15) is 0 Å². The molecule has 0 aliphatic carbocycles. The van der Waals surface area contributed by atoms with Crippen molar-refractivity contribution in [3.63, 3.8) is 0 Å². The van der Waals surface area contributed by atoms with Crippen molar-refractivity contribution in [2.45, 2.75) is 19.3 Å². The van der Waals surface area contributed by atoms with Crippen molar-refractivity contribution < 1.29 is 0 Å². The highest BCUT2D eigenvalue weighted by Gasteiger charge is 2.07. The third-order valence-corrected chi connectivity index (χ3v) is 1.74. The molecule has 1 aliphatic rings. The second-order valence-corrected chi connectivity index (χ2v) is 2.49. The van der Waals surface area contributed by atoms with Crippen LogP contribution in [0.4, 0.5) is 0 Å². The Kier molecular flexibility index (Phi) is 2.53. The molecule has 0 spiro atoms. The van der Waals surface area contributed by atoms with Crippen molar-refractivity contribution in [1.82, 2.24) is 4.90 Å². The molecule has 1 rings (SSSR count). The third kappa shape index (κ3) is 2.03. The molecule has 9 heavy (non-hydrogen) atoms. The van der Waals surface area contributed by atoms with E-state index in [1.807, 2.05) is 0 Å². The second kappa shape index (κ2) is 3.47. The van der Waals surface area contributed by atoms with E-state index in [4.69, 9.17) is 5.26 Å². The molecule has 1 aliphatic heterocycles. The zero-order valence-corrected chi connectivity index (χ0v) is 5.64. The van der Waals surface area contributed by atoms with Crippen molar-refractivity contribution in [1.29, 1.82) is 5.26 Å². The number of rotatable bonds is 1. The normalized spacial score (nSPS) is 21.2. The molecule has 2 nitrogen and oxygen atoms in total.